The van der Waals surface area contributed by atoms with Crippen molar-refractivity contribution in [3.8, 4) is 0 Å². The monoisotopic (exact) mass is 249 g/mol. The van der Waals surface area contributed by atoms with Crippen LogP contribution >= 0.6 is 0 Å². The number of hydrogen-bond acceptors (Lipinski definition) is 2. The molecular formula is C14H23N3O. The normalized spacial score (nSPS) is 16.8. The third kappa shape index (κ3) is 3.12. The zero-order valence-electron chi connectivity index (χ0n) is 11.4. The second-order valence-corrected chi connectivity index (χ2v) is 5.21. The van der Waals surface area contributed by atoms with Gasteiger partial charge in [-0.2, -0.15) is 0 Å². The largest absolute Gasteiger partial charge is 0.356 e. The van der Waals surface area contributed by atoms with E-state index in [9.17, 15) is 4.79 Å². The molecule has 0 spiro atoms. The van der Waals surface area contributed by atoms with Crippen LogP contribution in [-0.4, -0.2) is 22.0 Å². The maximum Gasteiger partial charge on any atom is 0.216 e. The Morgan fingerprint density at radius 1 is 1.44 bits per heavy atom. The van der Waals surface area contributed by atoms with Crippen molar-refractivity contribution in [2.45, 2.75) is 58.4 Å². The summed E-state index contributed by atoms with van der Waals surface area (Å²) in [5.41, 5.74) is 1.25. The maximum absolute atomic E-state index is 10.9. The van der Waals surface area contributed by atoms with Gasteiger partial charge in [0.25, 0.3) is 0 Å². The summed E-state index contributed by atoms with van der Waals surface area (Å²) in [5.74, 6) is 1.15. The van der Waals surface area contributed by atoms with Crippen LogP contribution in [0.4, 0.5) is 0 Å². The van der Waals surface area contributed by atoms with Crippen molar-refractivity contribution in [1.82, 2.24) is 14.9 Å². The van der Waals surface area contributed by atoms with Gasteiger partial charge >= 0.3 is 0 Å². The molecule has 0 aliphatic heterocycles. The van der Waals surface area contributed by atoms with E-state index >= 15 is 0 Å². The summed E-state index contributed by atoms with van der Waals surface area (Å²) in [7, 11) is 0. The van der Waals surface area contributed by atoms with Crippen molar-refractivity contribution in [2.24, 2.45) is 0 Å². The van der Waals surface area contributed by atoms with Gasteiger partial charge < -0.3 is 9.88 Å². The van der Waals surface area contributed by atoms with Gasteiger partial charge in [-0.05, 0) is 19.8 Å². The molecule has 1 aromatic heterocycles. The first kappa shape index (κ1) is 13.1. The molecular weight excluding hydrogens is 226 g/mol. The average molecular weight is 249 g/mol. The molecule has 1 aliphatic carbocycles. The first-order chi connectivity index (χ1) is 8.68. The molecule has 0 unspecified atom stereocenters. The Balaban J connectivity index is 2.03. The van der Waals surface area contributed by atoms with Crippen LogP contribution in [0.3, 0.4) is 0 Å². The molecule has 1 amide bonds. The minimum absolute atomic E-state index is 0.0301. The summed E-state index contributed by atoms with van der Waals surface area (Å²) in [4.78, 5) is 15.4. The van der Waals surface area contributed by atoms with Crippen molar-refractivity contribution < 1.29 is 4.79 Å². The van der Waals surface area contributed by atoms with Gasteiger partial charge in [-0.25, -0.2) is 4.98 Å². The fourth-order valence-corrected chi connectivity index (χ4v) is 2.87. The summed E-state index contributed by atoms with van der Waals surface area (Å²) >= 11 is 0. The molecule has 4 heteroatoms. The lowest BCUT2D eigenvalue weighted by molar-refractivity contribution is -0.118. The van der Waals surface area contributed by atoms with E-state index in [2.05, 4.69) is 21.8 Å². The zero-order chi connectivity index (χ0) is 13.0. The number of aryl methyl sites for hydroxylation is 1. The molecule has 18 heavy (non-hydrogen) atoms. The third-order valence-electron chi connectivity index (χ3n) is 3.72. The number of hydrogen-bond donors (Lipinski definition) is 1. The molecule has 0 saturated heterocycles. The Morgan fingerprint density at radius 3 is 2.83 bits per heavy atom. The van der Waals surface area contributed by atoms with E-state index in [4.69, 9.17) is 0 Å². The molecule has 1 heterocycles. The van der Waals surface area contributed by atoms with E-state index in [-0.39, 0.29) is 5.91 Å². The number of amides is 1. The summed E-state index contributed by atoms with van der Waals surface area (Å²) in [6.07, 6.45) is 9.34. The molecule has 4 nitrogen and oxygen atoms in total. The lowest BCUT2D eigenvalue weighted by Gasteiger charge is -2.26. The Bertz CT molecular complexity index is 405. The van der Waals surface area contributed by atoms with E-state index in [0.717, 1.165) is 12.2 Å². The molecule has 1 aliphatic rings. The summed E-state index contributed by atoms with van der Waals surface area (Å²) in [5, 5.41) is 2.84. The number of imidazole rings is 1. The Labute approximate surface area is 109 Å². The predicted molar refractivity (Wildman–Crippen MR) is 71.5 cm³/mol. The second-order valence-electron chi connectivity index (χ2n) is 5.21. The fourth-order valence-electron chi connectivity index (χ4n) is 2.87. The van der Waals surface area contributed by atoms with E-state index in [1.54, 1.807) is 6.92 Å². The van der Waals surface area contributed by atoms with Gasteiger partial charge in [-0.3, -0.25) is 4.79 Å². The molecule has 1 N–H and O–H groups in total. The van der Waals surface area contributed by atoms with E-state index in [1.165, 1.54) is 37.8 Å². The number of rotatable bonds is 4. The number of aromatic nitrogens is 2. The molecule has 2 rings (SSSR count). The standard InChI is InChI=1S/C14H23N3O/c1-11-10-16-14(8-9-15-12(2)18)17(11)13-6-4-3-5-7-13/h10,13H,3-9H2,1-2H3,(H,15,18). The maximum atomic E-state index is 10.9. The van der Waals surface area contributed by atoms with E-state index < -0.39 is 0 Å². The van der Waals surface area contributed by atoms with Crippen LogP contribution < -0.4 is 5.32 Å². The van der Waals surface area contributed by atoms with E-state index in [0.29, 0.717) is 12.6 Å². The first-order valence-corrected chi connectivity index (χ1v) is 6.95. The van der Waals surface area contributed by atoms with Gasteiger partial charge in [0.15, 0.2) is 0 Å². The van der Waals surface area contributed by atoms with Gasteiger partial charge in [0.05, 0.1) is 0 Å². The molecule has 0 atom stereocenters. The summed E-state index contributed by atoms with van der Waals surface area (Å²) in [6.45, 7) is 4.36. The number of carbonyl (C=O) groups is 1. The highest BCUT2D eigenvalue weighted by Crippen LogP contribution is 2.30. The summed E-state index contributed by atoms with van der Waals surface area (Å²) < 4.78 is 2.39. The van der Waals surface area contributed by atoms with Gasteiger partial charge in [0.2, 0.25) is 5.91 Å². The first-order valence-electron chi connectivity index (χ1n) is 6.95. The minimum atomic E-state index is 0.0301. The van der Waals surface area contributed by atoms with Crippen molar-refractivity contribution in [3.63, 3.8) is 0 Å². The van der Waals surface area contributed by atoms with Crippen LogP contribution in [0.25, 0.3) is 0 Å². The Kier molecular flexibility index (Phi) is 4.39. The quantitative estimate of drug-likeness (QED) is 0.890. The third-order valence-corrected chi connectivity index (χ3v) is 3.72. The predicted octanol–water partition coefficient (Wildman–Crippen LogP) is 2.38. The summed E-state index contributed by atoms with van der Waals surface area (Å²) in [6, 6.07) is 0.619. The number of nitrogens with zero attached hydrogens (tertiary/aromatic N) is 2. The number of carbonyl (C=O) groups excluding carboxylic acids is 1. The highest BCUT2D eigenvalue weighted by Gasteiger charge is 2.19. The molecule has 1 fully saturated rings. The van der Waals surface area contributed by atoms with Crippen molar-refractivity contribution in [1.29, 1.82) is 0 Å². The van der Waals surface area contributed by atoms with Crippen LogP contribution in [-0.2, 0) is 11.2 Å². The molecule has 0 bridgehead atoms. The van der Waals surface area contributed by atoms with Crippen LogP contribution in [0.2, 0.25) is 0 Å². The average Bonchev–Trinajstić information content (AvgIpc) is 2.71. The lowest BCUT2D eigenvalue weighted by Crippen LogP contribution is -2.25. The SMILES string of the molecule is CC(=O)NCCc1ncc(C)n1C1CCCCC1. The smallest absolute Gasteiger partial charge is 0.216 e. The number of nitrogens with one attached hydrogen (secondary N) is 1. The van der Waals surface area contributed by atoms with Crippen molar-refractivity contribution in [2.75, 3.05) is 6.54 Å². The topological polar surface area (TPSA) is 46.9 Å². The van der Waals surface area contributed by atoms with E-state index in [1.807, 2.05) is 6.20 Å². The molecule has 0 radical (unpaired) electrons. The van der Waals surface area contributed by atoms with Crippen LogP contribution in [0.1, 0.15) is 56.6 Å². The van der Waals surface area contributed by atoms with Crippen LogP contribution in [0.15, 0.2) is 6.20 Å². The van der Waals surface area contributed by atoms with Gasteiger partial charge in [0.1, 0.15) is 5.82 Å². The van der Waals surface area contributed by atoms with Crippen LogP contribution in [0, 0.1) is 6.92 Å². The zero-order valence-corrected chi connectivity index (χ0v) is 11.4. The molecule has 1 aromatic rings. The lowest BCUT2D eigenvalue weighted by atomic mass is 9.95. The van der Waals surface area contributed by atoms with Gasteiger partial charge in [-0.1, -0.05) is 19.3 Å². The van der Waals surface area contributed by atoms with Crippen LogP contribution in [0.5, 0.6) is 0 Å². The van der Waals surface area contributed by atoms with Gasteiger partial charge in [-0.15, -0.1) is 0 Å². The van der Waals surface area contributed by atoms with Crippen molar-refractivity contribution in [3.05, 3.63) is 17.7 Å². The van der Waals surface area contributed by atoms with Crippen molar-refractivity contribution >= 4 is 5.91 Å². The second kappa shape index (κ2) is 6.03. The minimum Gasteiger partial charge on any atom is -0.356 e. The highest BCUT2D eigenvalue weighted by atomic mass is 16.1. The molecule has 100 valence electrons. The highest BCUT2D eigenvalue weighted by molar-refractivity contribution is 5.72. The Morgan fingerprint density at radius 2 is 2.17 bits per heavy atom. The Hall–Kier alpha value is -1.32. The van der Waals surface area contributed by atoms with Gasteiger partial charge in [0, 0.05) is 37.8 Å². The fraction of sp³-hybridized carbons (Fsp3) is 0.714. The molecule has 1 saturated carbocycles. The molecule has 0 aromatic carbocycles.